The summed E-state index contributed by atoms with van der Waals surface area (Å²) in [5.74, 6) is 0.646. The second kappa shape index (κ2) is 6.57. The van der Waals surface area contributed by atoms with Crippen molar-refractivity contribution in [2.24, 2.45) is 0 Å². The number of halogens is 1. The Morgan fingerprint density at radius 2 is 2.05 bits per heavy atom. The number of hydrogen-bond acceptors (Lipinski definition) is 4. The maximum atomic E-state index is 12.3. The van der Waals surface area contributed by atoms with Crippen molar-refractivity contribution in [2.45, 2.75) is 26.1 Å². The first-order valence-corrected chi connectivity index (χ1v) is 7.12. The topological polar surface area (TPSA) is 38.8 Å². The van der Waals surface area contributed by atoms with Crippen molar-refractivity contribution in [3.05, 3.63) is 28.8 Å². The predicted molar refractivity (Wildman–Crippen MR) is 78.8 cm³/mol. The lowest BCUT2D eigenvalue weighted by molar-refractivity contribution is -0.0652. The maximum Gasteiger partial charge on any atom is 0.176 e. The monoisotopic (exact) mass is 297 g/mol. The van der Waals surface area contributed by atoms with Gasteiger partial charge in [-0.3, -0.25) is 9.69 Å². The molecule has 2 atom stereocenters. The Morgan fingerprint density at radius 3 is 2.60 bits per heavy atom. The quantitative estimate of drug-likeness (QED) is 0.801. The zero-order valence-electron chi connectivity index (χ0n) is 12.1. The summed E-state index contributed by atoms with van der Waals surface area (Å²) in [4.78, 5) is 14.4. The third-order valence-electron chi connectivity index (χ3n) is 3.34. The summed E-state index contributed by atoms with van der Waals surface area (Å²) in [6, 6.07) is 5.14. The Bertz CT molecular complexity index is 482. The Labute approximate surface area is 124 Å². The first kappa shape index (κ1) is 15.3. The smallest absolute Gasteiger partial charge is 0.176 e. The van der Waals surface area contributed by atoms with E-state index in [9.17, 15) is 4.79 Å². The van der Waals surface area contributed by atoms with Crippen LogP contribution in [-0.4, -0.2) is 49.6 Å². The summed E-state index contributed by atoms with van der Waals surface area (Å²) in [6.07, 6.45) is 0.317. The molecule has 0 unspecified atom stereocenters. The number of ketones is 1. The van der Waals surface area contributed by atoms with Crippen LogP contribution in [0.3, 0.4) is 0 Å². The van der Waals surface area contributed by atoms with Crippen LogP contribution in [0.4, 0.5) is 0 Å². The summed E-state index contributed by atoms with van der Waals surface area (Å²) in [5.41, 5.74) is 0.614. The highest BCUT2D eigenvalue weighted by Gasteiger charge is 2.24. The first-order chi connectivity index (χ1) is 9.49. The van der Waals surface area contributed by atoms with E-state index >= 15 is 0 Å². The molecule has 1 aromatic carbocycles. The molecule has 110 valence electrons. The number of ether oxygens (including phenoxy) is 2. The van der Waals surface area contributed by atoms with Gasteiger partial charge in [0.15, 0.2) is 5.78 Å². The third-order valence-corrected chi connectivity index (χ3v) is 3.63. The molecule has 1 saturated heterocycles. The van der Waals surface area contributed by atoms with Gasteiger partial charge in [0.05, 0.1) is 30.9 Å². The van der Waals surface area contributed by atoms with Gasteiger partial charge in [-0.2, -0.15) is 0 Å². The molecule has 1 aliphatic rings. The summed E-state index contributed by atoms with van der Waals surface area (Å²) >= 11 is 6.05. The average molecular weight is 298 g/mol. The molecule has 1 fully saturated rings. The second-order valence-electron chi connectivity index (χ2n) is 5.22. The van der Waals surface area contributed by atoms with Crippen molar-refractivity contribution in [1.82, 2.24) is 4.90 Å². The molecule has 0 spiro atoms. The van der Waals surface area contributed by atoms with Crippen molar-refractivity contribution >= 4 is 17.4 Å². The maximum absolute atomic E-state index is 12.3. The van der Waals surface area contributed by atoms with E-state index in [1.165, 1.54) is 0 Å². The van der Waals surface area contributed by atoms with E-state index in [0.717, 1.165) is 13.1 Å². The number of benzene rings is 1. The number of carbonyl (C=O) groups is 1. The third kappa shape index (κ3) is 3.72. The number of methoxy groups -OCH3 is 1. The fourth-order valence-electron chi connectivity index (χ4n) is 2.55. The molecule has 1 heterocycles. The van der Waals surface area contributed by atoms with Crippen LogP contribution in [0.5, 0.6) is 5.75 Å². The largest absolute Gasteiger partial charge is 0.495 e. The van der Waals surface area contributed by atoms with E-state index in [1.807, 2.05) is 13.8 Å². The normalized spacial score (nSPS) is 23.6. The van der Waals surface area contributed by atoms with Crippen LogP contribution in [0.1, 0.15) is 24.2 Å². The predicted octanol–water partition coefficient (Wildman–Crippen LogP) is 2.64. The summed E-state index contributed by atoms with van der Waals surface area (Å²) in [7, 11) is 1.55. The lowest BCUT2D eigenvalue weighted by Crippen LogP contribution is -2.47. The van der Waals surface area contributed by atoms with Crippen molar-refractivity contribution < 1.29 is 14.3 Å². The van der Waals surface area contributed by atoms with E-state index in [1.54, 1.807) is 25.3 Å². The van der Waals surface area contributed by atoms with Crippen LogP contribution in [0.25, 0.3) is 0 Å². The lowest BCUT2D eigenvalue weighted by Gasteiger charge is -2.34. The van der Waals surface area contributed by atoms with Crippen molar-refractivity contribution in [3.8, 4) is 5.75 Å². The van der Waals surface area contributed by atoms with E-state index in [-0.39, 0.29) is 18.0 Å². The van der Waals surface area contributed by atoms with Gasteiger partial charge in [-0.15, -0.1) is 0 Å². The van der Waals surface area contributed by atoms with Gasteiger partial charge in [0.2, 0.25) is 0 Å². The Hall–Kier alpha value is -1.10. The molecule has 0 aliphatic carbocycles. The van der Waals surface area contributed by atoms with Crippen LogP contribution in [0, 0.1) is 0 Å². The number of carbonyl (C=O) groups excluding carboxylic acids is 1. The number of rotatable bonds is 4. The molecule has 1 aromatic rings. The molecular weight excluding hydrogens is 278 g/mol. The molecule has 1 aliphatic heterocycles. The van der Waals surface area contributed by atoms with Gasteiger partial charge in [0, 0.05) is 18.7 Å². The minimum Gasteiger partial charge on any atom is -0.495 e. The van der Waals surface area contributed by atoms with E-state index in [0.29, 0.717) is 22.9 Å². The van der Waals surface area contributed by atoms with Gasteiger partial charge >= 0.3 is 0 Å². The lowest BCUT2D eigenvalue weighted by atomic mass is 10.1. The molecule has 5 heteroatoms. The van der Waals surface area contributed by atoms with Crippen molar-refractivity contribution in [1.29, 1.82) is 0 Å². The summed E-state index contributed by atoms with van der Waals surface area (Å²) in [5, 5.41) is 0.460. The number of morpholine rings is 1. The van der Waals surface area contributed by atoms with Crippen molar-refractivity contribution in [2.75, 3.05) is 26.7 Å². The zero-order valence-corrected chi connectivity index (χ0v) is 12.8. The molecule has 0 aromatic heterocycles. The molecule has 20 heavy (non-hydrogen) atoms. The van der Waals surface area contributed by atoms with E-state index in [4.69, 9.17) is 21.1 Å². The second-order valence-corrected chi connectivity index (χ2v) is 5.63. The SMILES string of the molecule is COc1ccc(C(=O)CN2C[C@@H](C)O[C@@H](C)C2)cc1Cl. The Balaban J connectivity index is 2.02. The summed E-state index contributed by atoms with van der Waals surface area (Å²) < 4.78 is 10.8. The molecular formula is C15H20ClNO3. The molecule has 2 rings (SSSR count). The summed E-state index contributed by atoms with van der Waals surface area (Å²) in [6.45, 7) is 6.00. The highest BCUT2D eigenvalue weighted by molar-refractivity contribution is 6.32. The van der Waals surface area contributed by atoms with Gasteiger partial charge in [0.25, 0.3) is 0 Å². The molecule has 0 saturated carbocycles. The molecule has 0 radical (unpaired) electrons. The van der Waals surface area contributed by atoms with Gasteiger partial charge in [0.1, 0.15) is 5.75 Å². The standard InChI is InChI=1S/C15H20ClNO3/c1-10-7-17(8-11(2)20-10)9-14(18)12-4-5-15(19-3)13(16)6-12/h4-6,10-11H,7-9H2,1-3H3/t10-,11+. The zero-order chi connectivity index (χ0) is 14.7. The Morgan fingerprint density at radius 1 is 1.40 bits per heavy atom. The van der Waals surface area contributed by atoms with Crippen LogP contribution >= 0.6 is 11.6 Å². The molecule has 0 bridgehead atoms. The molecule has 4 nitrogen and oxygen atoms in total. The van der Waals surface area contributed by atoms with Gasteiger partial charge < -0.3 is 9.47 Å². The average Bonchev–Trinajstić information content (AvgIpc) is 2.37. The van der Waals surface area contributed by atoms with Crippen molar-refractivity contribution in [3.63, 3.8) is 0 Å². The fourth-order valence-corrected chi connectivity index (χ4v) is 2.81. The van der Waals surface area contributed by atoms with Gasteiger partial charge in [-0.1, -0.05) is 11.6 Å². The van der Waals surface area contributed by atoms with Crippen LogP contribution in [0.15, 0.2) is 18.2 Å². The highest BCUT2D eigenvalue weighted by atomic mass is 35.5. The van der Waals surface area contributed by atoms with E-state index < -0.39 is 0 Å². The van der Waals surface area contributed by atoms with Gasteiger partial charge in [-0.25, -0.2) is 0 Å². The molecule has 0 amide bonds. The number of nitrogens with zero attached hydrogens (tertiary/aromatic N) is 1. The fraction of sp³-hybridized carbons (Fsp3) is 0.533. The minimum atomic E-state index is 0.0656. The van der Waals surface area contributed by atoms with Crippen LogP contribution in [-0.2, 0) is 4.74 Å². The Kier molecular flexibility index (Phi) is 5.02. The highest BCUT2D eigenvalue weighted by Crippen LogP contribution is 2.25. The first-order valence-electron chi connectivity index (χ1n) is 6.74. The van der Waals surface area contributed by atoms with Crippen LogP contribution < -0.4 is 4.74 Å². The minimum absolute atomic E-state index is 0.0656. The van der Waals surface area contributed by atoms with Crippen LogP contribution in [0.2, 0.25) is 5.02 Å². The number of Topliss-reactive ketones (excluding diaryl/α,β-unsaturated/α-hetero) is 1. The molecule has 0 N–H and O–H groups in total. The number of hydrogen-bond donors (Lipinski definition) is 0. The van der Waals surface area contributed by atoms with Gasteiger partial charge in [-0.05, 0) is 32.0 Å². The van der Waals surface area contributed by atoms with E-state index in [2.05, 4.69) is 4.90 Å².